The van der Waals surface area contributed by atoms with Crippen molar-refractivity contribution in [2.24, 2.45) is 0 Å². The molecule has 0 aliphatic heterocycles. The lowest BCUT2D eigenvalue weighted by Gasteiger charge is -2.20. The Kier molecular flexibility index (Phi) is 50.3. The summed E-state index contributed by atoms with van der Waals surface area (Å²) in [6.07, 6.45) is 47.0. The Labute approximate surface area is 358 Å². The Morgan fingerprint density at radius 3 is 1.32 bits per heavy atom. The Morgan fingerprint density at radius 2 is 0.895 bits per heavy atom. The average molecular weight is 809 g/mol. The van der Waals surface area contributed by atoms with Gasteiger partial charge in [-0.1, -0.05) is 182 Å². The predicted octanol–water partition coefficient (Wildman–Crippen LogP) is 15.1. The van der Waals surface area contributed by atoms with Crippen molar-refractivity contribution in [2.45, 2.75) is 284 Å². The van der Waals surface area contributed by atoms with Crippen LogP contribution in [-0.2, 0) is 19.1 Å². The molecule has 0 heterocycles. The highest BCUT2D eigenvalue weighted by atomic mass is 16.5. The number of rotatable bonds is 45. The minimum Gasteiger partial charge on any atom is -0.462 e. The van der Waals surface area contributed by atoms with E-state index in [4.69, 9.17) is 9.47 Å². The fraction of sp³-hybridized carbons (Fsp3) is 0.961. The number of esters is 1. The molecule has 0 aromatic carbocycles. The molecule has 342 valence electrons. The molecule has 6 nitrogen and oxygen atoms in total. The van der Waals surface area contributed by atoms with Crippen LogP contribution in [0.2, 0.25) is 0 Å². The SMILES string of the molecule is CCCCCCC(CCCCCC)OC.CCCCCCC(CCCCCC)OC(=O)CCCCCCCCC(CCCCCCCCC=O)NCCCN(C)C. The van der Waals surface area contributed by atoms with Crippen molar-refractivity contribution in [3.8, 4) is 0 Å². The number of carbonyl (C=O) groups is 2. The largest absolute Gasteiger partial charge is 0.462 e. The maximum absolute atomic E-state index is 12.5. The number of hydrogen-bond acceptors (Lipinski definition) is 6. The third-order valence-electron chi connectivity index (χ3n) is 11.7. The maximum Gasteiger partial charge on any atom is 0.306 e. The molecule has 1 unspecified atom stereocenters. The van der Waals surface area contributed by atoms with Crippen LogP contribution in [0.15, 0.2) is 0 Å². The second-order valence-electron chi connectivity index (χ2n) is 17.7. The molecular formula is C51H104N2O4. The lowest BCUT2D eigenvalue weighted by Crippen LogP contribution is -2.31. The van der Waals surface area contributed by atoms with Crippen LogP contribution in [-0.4, -0.2) is 69.7 Å². The fourth-order valence-electron chi connectivity index (χ4n) is 7.82. The van der Waals surface area contributed by atoms with Crippen molar-refractivity contribution in [1.29, 1.82) is 0 Å². The second kappa shape index (κ2) is 49.4. The summed E-state index contributed by atoms with van der Waals surface area (Å²) in [5.74, 6) is 0.0372. The number of carbonyl (C=O) groups excluding carboxylic acids is 2. The molecule has 0 aliphatic carbocycles. The zero-order valence-corrected chi connectivity index (χ0v) is 40.0. The second-order valence-corrected chi connectivity index (χ2v) is 17.7. The van der Waals surface area contributed by atoms with Crippen LogP contribution in [0, 0.1) is 0 Å². The minimum atomic E-state index is 0.0372. The number of unbranched alkanes of at least 4 members (excludes halogenated alkanes) is 23. The molecule has 0 bridgehead atoms. The number of nitrogens with one attached hydrogen (secondary N) is 1. The van der Waals surface area contributed by atoms with Crippen molar-refractivity contribution in [1.82, 2.24) is 10.2 Å². The van der Waals surface area contributed by atoms with Crippen LogP contribution in [0.1, 0.15) is 265 Å². The Balaban J connectivity index is 0. The first-order valence-corrected chi connectivity index (χ1v) is 25.4. The first kappa shape index (κ1) is 58.1. The lowest BCUT2D eigenvalue weighted by molar-refractivity contribution is -0.150. The van der Waals surface area contributed by atoms with Crippen LogP contribution in [0.4, 0.5) is 0 Å². The molecule has 0 spiro atoms. The Morgan fingerprint density at radius 1 is 0.509 bits per heavy atom. The van der Waals surface area contributed by atoms with Gasteiger partial charge in [0.1, 0.15) is 12.4 Å². The normalized spacial score (nSPS) is 12.0. The number of nitrogens with zero attached hydrogens (tertiary/aromatic N) is 1. The van der Waals surface area contributed by atoms with Crippen molar-refractivity contribution in [3.05, 3.63) is 0 Å². The van der Waals surface area contributed by atoms with Gasteiger partial charge in [-0.3, -0.25) is 4.79 Å². The summed E-state index contributed by atoms with van der Waals surface area (Å²) in [7, 11) is 6.17. The zero-order valence-electron chi connectivity index (χ0n) is 40.0. The van der Waals surface area contributed by atoms with Gasteiger partial charge >= 0.3 is 5.97 Å². The van der Waals surface area contributed by atoms with Gasteiger partial charge < -0.3 is 24.5 Å². The van der Waals surface area contributed by atoms with Gasteiger partial charge in [-0.2, -0.15) is 0 Å². The lowest BCUT2D eigenvalue weighted by atomic mass is 9.99. The molecule has 0 amide bonds. The highest BCUT2D eigenvalue weighted by Gasteiger charge is 2.14. The van der Waals surface area contributed by atoms with E-state index in [9.17, 15) is 9.59 Å². The molecular weight excluding hydrogens is 705 g/mol. The van der Waals surface area contributed by atoms with E-state index < -0.39 is 0 Å². The highest BCUT2D eigenvalue weighted by Crippen LogP contribution is 2.19. The quantitative estimate of drug-likeness (QED) is 0.0375. The summed E-state index contributed by atoms with van der Waals surface area (Å²) in [6, 6.07) is 0.647. The molecule has 0 aromatic rings. The smallest absolute Gasteiger partial charge is 0.306 e. The van der Waals surface area contributed by atoms with Crippen LogP contribution >= 0.6 is 0 Å². The van der Waals surface area contributed by atoms with Gasteiger partial charge in [0.25, 0.3) is 0 Å². The van der Waals surface area contributed by atoms with E-state index in [-0.39, 0.29) is 12.1 Å². The minimum absolute atomic E-state index is 0.0372. The summed E-state index contributed by atoms with van der Waals surface area (Å²) in [5.41, 5.74) is 0. The van der Waals surface area contributed by atoms with Crippen molar-refractivity contribution < 1.29 is 19.1 Å². The maximum atomic E-state index is 12.5. The highest BCUT2D eigenvalue weighted by molar-refractivity contribution is 5.69. The van der Waals surface area contributed by atoms with E-state index in [1.807, 2.05) is 7.11 Å². The molecule has 57 heavy (non-hydrogen) atoms. The monoisotopic (exact) mass is 809 g/mol. The molecule has 0 rings (SSSR count). The molecule has 0 aromatic heterocycles. The molecule has 1 atom stereocenters. The molecule has 1 N–H and O–H groups in total. The molecule has 0 fully saturated rings. The van der Waals surface area contributed by atoms with E-state index in [0.717, 1.165) is 57.9 Å². The van der Waals surface area contributed by atoms with Crippen LogP contribution in [0.25, 0.3) is 0 Å². The summed E-state index contributed by atoms with van der Waals surface area (Å²) < 4.78 is 11.5. The van der Waals surface area contributed by atoms with E-state index >= 15 is 0 Å². The van der Waals surface area contributed by atoms with Gasteiger partial charge in [0.2, 0.25) is 0 Å². The molecule has 0 saturated heterocycles. The summed E-state index contributed by atoms with van der Waals surface area (Å²) in [5, 5.41) is 3.85. The van der Waals surface area contributed by atoms with E-state index in [0.29, 0.717) is 18.6 Å². The standard InChI is InChI=1S/C37H74N2O3.C14H30O/c1-5-7-9-22-29-36(30-23-10-8-6-2)42-37(41)31-24-18-14-13-17-21-28-35(38-32-26-33-39(3)4)27-20-16-12-11-15-19-25-34-40;1-4-6-8-10-12-14(15-3)13-11-9-7-5-2/h34-36,38H,5-33H2,1-4H3;14H,4-13H2,1-3H3. The van der Waals surface area contributed by atoms with E-state index in [2.05, 4.69) is 52.0 Å². The first-order valence-electron chi connectivity index (χ1n) is 25.4. The van der Waals surface area contributed by atoms with Crippen LogP contribution < -0.4 is 5.32 Å². The third kappa shape index (κ3) is 47.6. The van der Waals surface area contributed by atoms with Crippen LogP contribution in [0.3, 0.4) is 0 Å². The fourth-order valence-corrected chi connectivity index (χ4v) is 7.82. The Bertz CT molecular complexity index is 754. The van der Waals surface area contributed by atoms with Crippen molar-refractivity contribution in [2.75, 3.05) is 34.3 Å². The summed E-state index contributed by atoms with van der Waals surface area (Å²) >= 11 is 0. The number of aldehydes is 1. The average Bonchev–Trinajstić information content (AvgIpc) is 3.20. The molecule has 6 heteroatoms. The molecule has 0 radical (unpaired) electrons. The third-order valence-corrected chi connectivity index (χ3v) is 11.7. The number of methoxy groups -OCH3 is 1. The predicted molar refractivity (Wildman–Crippen MR) is 251 cm³/mol. The first-order chi connectivity index (χ1) is 27.9. The van der Waals surface area contributed by atoms with Gasteiger partial charge in [0.15, 0.2) is 0 Å². The van der Waals surface area contributed by atoms with E-state index in [1.54, 1.807) is 0 Å². The number of hydrogen-bond donors (Lipinski definition) is 1. The van der Waals surface area contributed by atoms with Crippen molar-refractivity contribution in [3.63, 3.8) is 0 Å². The summed E-state index contributed by atoms with van der Waals surface area (Å²) in [4.78, 5) is 25.2. The van der Waals surface area contributed by atoms with Crippen LogP contribution in [0.5, 0.6) is 0 Å². The van der Waals surface area contributed by atoms with E-state index in [1.165, 1.54) is 193 Å². The number of ether oxygens (including phenoxy) is 2. The van der Waals surface area contributed by atoms with Crippen molar-refractivity contribution >= 4 is 12.3 Å². The molecule has 0 saturated carbocycles. The summed E-state index contributed by atoms with van der Waals surface area (Å²) in [6.45, 7) is 11.3. The van der Waals surface area contributed by atoms with Gasteiger partial charge in [0, 0.05) is 26.0 Å². The van der Waals surface area contributed by atoms with Gasteiger partial charge in [-0.25, -0.2) is 0 Å². The molecule has 0 aliphatic rings. The van der Waals surface area contributed by atoms with Gasteiger partial charge in [0.05, 0.1) is 6.10 Å². The zero-order chi connectivity index (χ0) is 42.3. The van der Waals surface area contributed by atoms with Gasteiger partial charge in [-0.05, 0) is 97.8 Å². The topological polar surface area (TPSA) is 67.9 Å². The Hall–Kier alpha value is -0.980. The van der Waals surface area contributed by atoms with Gasteiger partial charge in [-0.15, -0.1) is 0 Å².